The predicted molar refractivity (Wildman–Crippen MR) is 149 cm³/mol. The number of ether oxygens (including phenoxy) is 1. The third kappa shape index (κ3) is 6.76. The molecule has 4 rings (SSSR count). The van der Waals surface area contributed by atoms with Crippen LogP contribution in [0.2, 0.25) is 0 Å². The molecular weight excluding hydrogens is 534 g/mol. The van der Waals surface area contributed by atoms with Gasteiger partial charge in [0.15, 0.2) is 15.4 Å². The second-order valence-corrected chi connectivity index (χ2v) is 12.3. The summed E-state index contributed by atoms with van der Waals surface area (Å²) in [6, 6.07) is 15.4. The Morgan fingerprint density at radius 1 is 1.05 bits per heavy atom. The summed E-state index contributed by atoms with van der Waals surface area (Å²) in [6.45, 7) is 3.15. The zero-order valence-corrected chi connectivity index (χ0v) is 23.4. The van der Waals surface area contributed by atoms with E-state index in [1.807, 2.05) is 6.92 Å². The quantitative estimate of drug-likeness (QED) is 0.309. The Kier molecular flexibility index (Phi) is 9.36. The smallest absolute Gasteiger partial charge is 0.264 e. The van der Waals surface area contributed by atoms with Crippen LogP contribution in [0, 0.1) is 11.3 Å². The molecule has 0 bridgehead atoms. The molecule has 1 unspecified atom stereocenters. The summed E-state index contributed by atoms with van der Waals surface area (Å²) in [6.07, 6.45) is 0.765. The van der Waals surface area contributed by atoms with E-state index in [4.69, 9.17) is 14.9 Å². The second-order valence-electron chi connectivity index (χ2n) is 10.3. The van der Waals surface area contributed by atoms with Crippen molar-refractivity contribution in [3.8, 4) is 0 Å². The van der Waals surface area contributed by atoms with E-state index in [0.717, 1.165) is 0 Å². The lowest BCUT2D eigenvalue weighted by molar-refractivity contribution is -0.143. The predicted octanol–water partition coefficient (Wildman–Crippen LogP) is 3.15. The highest BCUT2D eigenvalue weighted by atomic mass is 32.2. The number of nitrogens with two attached hydrogens (primary N) is 1. The van der Waals surface area contributed by atoms with Gasteiger partial charge in [-0.25, -0.2) is 13.4 Å². The zero-order valence-electron chi connectivity index (χ0n) is 22.6. The Morgan fingerprint density at radius 2 is 1.73 bits per heavy atom. The minimum atomic E-state index is -4.02. The van der Waals surface area contributed by atoms with Gasteiger partial charge in [-0.3, -0.25) is 14.4 Å². The molecule has 40 heavy (non-hydrogen) atoms. The number of oxazole rings is 1. The van der Waals surface area contributed by atoms with Gasteiger partial charge in [-0.1, -0.05) is 62.2 Å². The van der Waals surface area contributed by atoms with Crippen molar-refractivity contribution in [3.63, 3.8) is 0 Å². The Balaban J connectivity index is 1.79. The van der Waals surface area contributed by atoms with E-state index < -0.39 is 50.9 Å². The summed E-state index contributed by atoms with van der Waals surface area (Å²) in [5, 5.41) is 0. The first-order chi connectivity index (χ1) is 19.1. The number of ketones is 1. The average Bonchev–Trinajstić information content (AvgIpc) is 3.38. The summed E-state index contributed by atoms with van der Waals surface area (Å²) >= 11 is 0. The Labute approximate surface area is 233 Å². The average molecular weight is 570 g/mol. The van der Waals surface area contributed by atoms with Crippen LogP contribution in [0.25, 0.3) is 11.1 Å². The lowest BCUT2D eigenvalue weighted by Gasteiger charge is -2.38. The van der Waals surface area contributed by atoms with Gasteiger partial charge in [0.1, 0.15) is 5.52 Å². The fourth-order valence-electron chi connectivity index (χ4n) is 5.26. The van der Waals surface area contributed by atoms with Gasteiger partial charge in [-0.05, 0) is 24.1 Å². The normalized spacial score (nSPS) is 16.4. The number of Topliss-reactive ketones (excluding diaryl/α,β-unsaturated/α-hetero) is 1. The summed E-state index contributed by atoms with van der Waals surface area (Å²) in [5.41, 5.74) is 5.35. The Hall–Kier alpha value is -3.57. The summed E-state index contributed by atoms with van der Waals surface area (Å²) < 4.78 is 38.4. The second kappa shape index (κ2) is 12.7. The fourth-order valence-corrected chi connectivity index (χ4v) is 7.30. The standard InChI is InChI=1S/C29H35N3O7S/c1-2-3-11-22(26(34)27-31-23-12-7-8-13-24(23)39-27)29(28(30)35,18-25(33)32-14-16-38-17-15-32)20-40(36,37)19-21-9-5-4-6-10-21/h4-10,12-13,22H,2-3,11,14-20H2,1H3,(H2,30,35)/t22-,29?/m1/s1. The minimum absolute atomic E-state index is 0.133. The van der Waals surface area contributed by atoms with Gasteiger partial charge in [0.05, 0.1) is 30.1 Å². The number of hydrogen-bond donors (Lipinski definition) is 1. The van der Waals surface area contributed by atoms with E-state index in [2.05, 4.69) is 4.98 Å². The molecule has 0 saturated carbocycles. The number of aromatic nitrogens is 1. The molecule has 1 saturated heterocycles. The van der Waals surface area contributed by atoms with Gasteiger partial charge >= 0.3 is 0 Å². The number of sulfone groups is 1. The van der Waals surface area contributed by atoms with Crippen molar-refractivity contribution >= 4 is 38.5 Å². The molecule has 2 N–H and O–H groups in total. The monoisotopic (exact) mass is 569 g/mol. The maximum atomic E-state index is 14.1. The molecule has 11 heteroatoms. The van der Waals surface area contributed by atoms with Crippen molar-refractivity contribution in [1.29, 1.82) is 0 Å². The number of para-hydroxylation sites is 2. The summed E-state index contributed by atoms with van der Waals surface area (Å²) in [4.78, 5) is 46.9. The summed E-state index contributed by atoms with van der Waals surface area (Å²) in [7, 11) is -4.02. The first-order valence-electron chi connectivity index (χ1n) is 13.4. The van der Waals surface area contributed by atoms with Crippen molar-refractivity contribution in [3.05, 3.63) is 66.1 Å². The van der Waals surface area contributed by atoms with Gasteiger partial charge in [0.25, 0.3) is 5.89 Å². The molecule has 1 aliphatic rings. The molecule has 2 aromatic carbocycles. The highest BCUT2D eigenvalue weighted by molar-refractivity contribution is 7.90. The van der Waals surface area contributed by atoms with Crippen LogP contribution in [0.3, 0.4) is 0 Å². The van der Waals surface area contributed by atoms with Crippen LogP contribution in [-0.4, -0.2) is 68.0 Å². The van der Waals surface area contributed by atoms with E-state index in [9.17, 15) is 22.8 Å². The molecule has 2 atom stereocenters. The van der Waals surface area contributed by atoms with Crippen LogP contribution in [0.4, 0.5) is 0 Å². The van der Waals surface area contributed by atoms with E-state index in [-0.39, 0.29) is 18.1 Å². The van der Waals surface area contributed by atoms with Crippen molar-refractivity contribution in [1.82, 2.24) is 9.88 Å². The molecule has 3 aromatic rings. The molecule has 0 spiro atoms. The Bertz CT molecular complexity index is 1420. The molecule has 0 aliphatic carbocycles. The molecule has 1 aliphatic heterocycles. The van der Waals surface area contributed by atoms with Crippen molar-refractivity contribution in [2.75, 3.05) is 32.1 Å². The van der Waals surface area contributed by atoms with Crippen LogP contribution in [0.15, 0.2) is 59.0 Å². The van der Waals surface area contributed by atoms with Crippen molar-refractivity contribution in [2.45, 2.75) is 38.4 Å². The number of benzene rings is 2. The van der Waals surface area contributed by atoms with Crippen LogP contribution in [-0.2, 0) is 29.9 Å². The highest BCUT2D eigenvalue weighted by Crippen LogP contribution is 2.40. The van der Waals surface area contributed by atoms with Gasteiger partial charge in [0, 0.05) is 25.4 Å². The first-order valence-corrected chi connectivity index (χ1v) is 15.3. The lowest BCUT2D eigenvalue weighted by atomic mass is 9.69. The molecule has 1 fully saturated rings. The highest BCUT2D eigenvalue weighted by Gasteiger charge is 2.53. The maximum Gasteiger partial charge on any atom is 0.264 e. The number of morpholine rings is 1. The molecule has 0 radical (unpaired) electrons. The zero-order chi connectivity index (χ0) is 28.8. The number of fused-ring (bicyclic) bond motifs is 1. The largest absolute Gasteiger partial charge is 0.434 e. The van der Waals surface area contributed by atoms with Gasteiger partial charge < -0.3 is 19.8 Å². The third-order valence-corrected chi connectivity index (χ3v) is 9.09. The van der Waals surface area contributed by atoms with Gasteiger partial charge in [-0.2, -0.15) is 0 Å². The molecular formula is C29H35N3O7S. The number of carbonyl (C=O) groups is 3. The SMILES string of the molecule is CCCC[C@H](C(=O)c1nc2ccccc2o1)C(CC(=O)N1CCOCC1)(CS(=O)(=O)Cc1ccccc1)C(N)=O. The third-order valence-electron chi connectivity index (χ3n) is 7.36. The van der Waals surface area contributed by atoms with Crippen LogP contribution < -0.4 is 5.73 Å². The number of hydrogen-bond acceptors (Lipinski definition) is 8. The number of carbonyl (C=O) groups excluding carboxylic acids is 3. The van der Waals surface area contributed by atoms with Crippen molar-refractivity contribution < 1.29 is 32.0 Å². The number of amides is 2. The van der Waals surface area contributed by atoms with E-state index in [0.29, 0.717) is 55.8 Å². The van der Waals surface area contributed by atoms with E-state index >= 15 is 0 Å². The molecule has 214 valence electrons. The minimum Gasteiger partial charge on any atom is -0.434 e. The van der Waals surface area contributed by atoms with Gasteiger partial charge in [-0.15, -0.1) is 0 Å². The van der Waals surface area contributed by atoms with Crippen molar-refractivity contribution in [2.24, 2.45) is 17.1 Å². The lowest BCUT2D eigenvalue weighted by Crippen LogP contribution is -2.54. The number of unbranched alkanes of at least 4 members (excludes halogenated alkanes) is 1. The number of nitrogens with zero attached hydrogens (tertiary/aromatic N) is 2. The summed E-state index contributed by atoms with van der Waals surface area (Å²) in [5.74, 6) is -4.73. The Morgan fingerprint density at radius 3 is 2.38 bits per heavy atom. The number of rotatable bonds is 13. The van der Waals surface area contributed by atoms with Crippen LogP contribution in [0.5, 0.6) is 0 Å². The maximum absolute atomic E-state index is 14.1. The topological polar surface area (TPSA) is 150 Å². The van der Waals surface area contributed by atoms with Gasteiger partial charge in [0.2, 0.25) is 17.6 Å². The molecule has 2 amide bonds. The van der Waals surface area contributed by atoms with E-state index in [1.165, 1.54) is 4.90 Å². The van der Waals surface area contributed by atoms with Crippen LogP contribution in [0.1, 0.15) is 48.9 Å². The fraction of sp³-hybridized carbons (Fsp3) is 0.448. The molecule has 1 aromatic heterocycles. The first kappa shape index (κ1) is 29.4. The molecule has 10 nitrogen and oxygen atoms in total. The number of primary amides is 1. The van der Waals surface area contributed by atoms with E-state index in [1.54, 1.807) is 54.6 Å². The molecule has 2 heterocycles. The van der Waals surface area contributed by atoms with Crippen LogP contribution >= 0.6 is 0 Å².